The summed E-state index contributed by atoms with van der Waals surface area (Å²) in [5.41, 5.74) is 2.49. The molecule has 120 valence electrons. The maximum Gasteiger partial charge on any atom is 0.135 e. The van der Waals surface area contributed by atoms with E-state index < -0.39 is 0 Å². The summed E-state index contributed by atoms with van der Waals surface area (Å²) < 4.78 is 6.30. The molecule has 2 aromatic carbocycles. The van der Waals surface area contributed by atoms with E-state index in [2.05, 4.69) is 77.8 Å². The van der Waals surface area contributed by atoms with Crippen molar-refractivity contribution in [3.05, 3.63) is 71.8 Å². The van der Waals surface area contributed by atoms with Crippen LogP contribution in [0.4, 0.5) is 0 Å². The summed E-state index contributed by atoms with van der Waals surface area (Å²) in [6.45, 7) is 5.01. The third kappa shape index (κ3) is 2.69. The van der Waals surface area contributed by atoms with E-state index in [-0.39, 0.29) is 5.72 Å². The number of ether oxygens (including phenoxy) is 1. The number of rotatable bonds is 4. The molecule has 3 heteroatoms. The van der Waals surface area contributed by atoms with Gasteiger partial charge in [-0.05, 0) is 24.5 Å². The maximum absolute atomic E-state index is 6.30. The van der Waals surface area contributed by atoms with Crippen LogP contribution >= 0.6 is 0 Å². The highest BCUT2D eigenvalue weighted by molar-refractivity contribution is 5.22. The van der Waals surface area contributed by atoms with Crippen molar-refractivity contribution in [2.24, 2.45) is 0 Å². The average molecular weight is 308 g/mol. The molecule has 0 unspecified atom stereocenters. The second-order valence-electron chi connectivity index (χ2n) is 6.69. The molecule has 2 aromatic rings. The molecule has 0 spiro atoms. The largest absolute Gasteiger partial charge is 0.357 e. The van der Waals surface area contributed by atoms with Crippen LogP contribution in [-0.2, 0) is 11.3 Å². The topological polar surface area (TPSA) is 24.5 Å². The van der Waals surface area contributed by atoms with Gasteiger partial charge in [0, 0.05) is 13.1 Å². The number of nitrogens with zero attached hydrogens (tertiary/aromatic N) is 1. The lowest BCUT2D eigenvalue weighted by Crippen LogP contribution is -2.50. The van der Waals surface area contributed by atoms with E-state index in [0.29, 0.717) is 12.1 Å². The fourth-order valence-electron chi connectivity index (χ4n) is 4.02. The summed E-state index contributed by atoms with van der Waals surface area (Å²) in [6, 6.07) is 22.1. The van der Waals surface area contributed by atoms with Gasteiger partial charge in [-0.15, -0.1) is 0 Å². The summed E-state index contributed by atoms with van der Waals surface area (Å²) >= 11 is 0. The van der Waals surface area contributed by atoms with Crippen LogP contribution in [0.3, 0.4) is 0 Å². The molecule has 2 fully saturated rings. The van der Waals surface area contributed by atoms with Gasteiger partial charge in [-0.1, -0.05) is 60.7 Å². The molecule has 4 rings (SSSR count). The molecule has 1 N–H and O–H groups in total. The van der Waals surface area contributed by atoms with E-state index in [9.17, 15) is 0 Å². The lowest BCUT2D eigenvalue weighted by molar-refractivity contribution is -0.0630. The van der Waals surface area contributed by atoms with Gasteiger partial charge in [0.05, 0.1) is 18.7 Å². The van der Waals surface area contributed by atoms with Crippen LogP contribution < -0.4 is 5.32 Å². The molecule has 2 aliphatic rings. The average Bonchev–Trinajstić information content (AvgIpc) is 3.09. The number of benzene rings is 2. The van der Waals surface area contributed by atoms with E-state index in [1.54, 1.807) is 0 Å². The number of hydrogen-bond acceptors (Lipinski definition) is 3. The zero-order valence-corrected chi connectivity index (χ0v) is 13.6. The van der Waals surface area contributed by atoms with E-state index in [0.717, 1.165) is 26.1 Å². The normalized spacial score (nSPS) is 30.5. The van der Waals surface area contributed by atoms with Gasteiger partial charge in [0.15, 0.2) is 0 Å². The summed E-state index contributed by atoms with van der Waals surface area (Å²) in [7, 11) is 0. The van der Waals surface area contributed by atoms with Crippen LogP contribution in [-0.4, -0.2) is 29.8 Å². The van der Waals surface area contributed by atoms with Crippen molar-refractivity contribution < 1.29 is 4.74 Å². The van der Waals surface area contributed by atoms with Crippen LogP contribution in [0.25, 0.3) is 0 Å². The lowest BCUT2D eigenvalue weighted by atomic mass is 10.0. The van der Waals surface area contributed by atoms with Crippen LogP contribution in [0.1, 0.15) is 30.5 Å². The highest BCUT2D eigenvalue weighted by Crippen LogP contribution is 2.43. The van der Waals surface area contributed by atoms with Crippen molar-refractivity contribution in [3.8, 4) is 0 Å². The zero-order valence-electron chi connectivity index (χ0n) is 13.6. The Labute approximate surface area is 138 Å². The summed E-state index contributed by atoms with van der Waals surface area (Å²) in [4.78, 5) is 2.53. The Hall–Kier alpha value is -1.68. The quantitative estimate of drug-likeness (QED) is 0.937. The first-order valence-electron chi connectivity index (χ1n) is 8.50. The van der Waals surface area contributed by atoms with E-state index in [1.165, 1.54) is 11.1 Å². The molecule has 0 amide bonds. The molecular formula is C20H24N2O. The van der Waals surface area contributed by atoms with Crippen molar-refractivity contribution in [2.45, 2.75) is 37.7 Å². The van der Waals surface area contributed by atoms with Gasteiger partial charge in [0.1, 0.15) is 5.72 Å². The SMILES string of the molecule is C[C@]12OC[C@H](c3ccccc3)N1CC[C@H]2NCc1ccccc1. The van der Waals surface area contributed by atoms with Crippen LogP contribution in [0.5, 0.6) is 0 Å². The van der Waals surface area contributed by atoms with Gasteiger partial charge in [-0.3, -0.25) is 4.90 Å². The van der Waals surface area contributed by atoms with Crippen molar-refractivity contribution in [3.63, 3.8) is 0 Å². The van der Waals surface area contributed by atoms with E-state index in [4.69, 9.17) is 4.74 Å². The molecule has 2 saturated heterocycles. The first-order chi connectivity index (χ1) is 11.3. The Morgan fingerprint density at radius 2 is 1.78 bits per heavy atom. The summed E-state index contributed by atoms with van der Waals surface area (Å²) in [6.07, 6.45) is 1.13. The maximum atomic E-state index is 6.30. The van der Waals surface area contributed by atoms with Gasteiger partial charge in [0.25, 0.3) is 0 Å². The third-order valence-corrected chi connectivity index (χ3v) is 5.36. The van der Waals surface area contributed by atoms with Crippen LogP contribution in [0.15, 0.2) is 60.7 Å². The Morgan fingerprint density at radius 3 is 2.52 bits per heavy atom. The second-order valence-corrected chi connectivity index (χ2v) is 6.69. The van der Waals surface area contributed by atoms with Gasteiger partial charge >= 0.3 is 0 Å². The smallest absolute Gasteiger partial charge is 0.135 e. The Kier molecular flexibility index (Phi) is 3.93. The second kappa shape index (κ2) is 6.08. The highest BCUT2D eigenvalue weighted by Gasteiger charge is 2.53. The minimum Gasteiger partial charge on any atom is -0.357 e. The first kappa shape index (κ1) is 14.9. The summed E-state index contributed by atoms with van der Waals surface area (Å²) in [5, 5.41) is 3.72. The van der Waals surface area contributed by atoms with Crippen molar-refractivity contribution in [1.82, 2.24) is 10.2 Å². The monoisotopic (exact) mass is 308 g/mol. The number of nitrogens with one attached hydrogen (secondary N) is 1. The van der Waals surface area contributed by atoms with E-state index in [1.807, 2.05) is 0 Å². The summed E-state index contributed by atoms with van der Waals surface area (Å²) in [5.74, 6) is 0. The molecule has 23 heavy (non-hydrogen) atoms. The standard InChI is InChI=1S/C20H24N2O/c1-20-19(21-14-16-8-4-2-5-9-16)12-13-22(20)18(15-23-20)17-10-6-3-7-11-17/h2-11,18-19,21H,12-15H2,1H3/t18-,19-,20-/m1/s1. The fraction of sp³-hybridized carbons (Fsp3) is 0.400. The molecule has 2 heterocycles. The molecule has 0 aromatic heterocycles. The van der Waals surface area contributed by atoms with Gasteiger partial charge in [-0.2, -0.15) is 0 Å². The molecule has 3 nitrogen and oxygen atoms in total. The number of fused-ring (bicyclic) bond motifs is 1. The number of hydrogen-bond donors (Lipinski definition) is 1. The third-order valence-electron chi connectivity index (χ3n) is 5.36. The van der Waals surface area contributed by atoms with Crippen LogP contribution in [0, 0.1) is 0 Å². The molecule has 0 radical (unpaired) electrons. The van der Waals surface area contributed by atoms with Gasteiger partial charge < -0.3 is 10.1 Å². The Bertz CT molecular complexity index is 645. The predicted octanol–water partition coefficient (Wildman–Crippen LogP) is 3.34. The van der Waals surface area contributed by atoms with Gasteiger partial charge in [-0.25, -0.2) is 0 Å². The van der Waals surface area contributed by atoms with Gasteiger partial charge in [0.2, 0.25) is 0 Å². The minimum atomic E-state index is -0.199. The highest BCUT2D eigenvalue weighted by atomic mass is 16.5. The van der Waals surface area contributed by atoms with Crippen molar-refractivity contribution in [2.75, 3.05) is 13.2 Å². The predicted molar refractivity (Wildman–Crippen MR) is 91.9 cm³/mol. The van der Waals surface area contributed by atoms with Crippen LogP contribution in [0.2, 0.25) is 0 Å². The van der Waals surface area contributed by atoms with Crippen molar-refractivity contribution >= 4 is 0 Å². The zero-order chi connectivity index (χ0) is 15.7. The molecule has 0 aliphatic carbocycles. The molecule has 0 saturated carbocycles. The van der Waals surface area contributed by atoms with E-state index >= 15 is 0 Å². The van der Waals surface area contributed by atoms with Crippen molar-refractivity contribution in [1.29, 1.82) is 0 Å². The fourth-order valence-corrected chi connectivity index (χ4v) is 4.02. The molecular weight excluding hydrogens is 284 g/mol. The minimum absolute atomic E-state index is 0.199. The lowest BCUT2D eigenvalue weighted by Gasteiger charge is -2.34. The molecule has 2 aliphatic heterocycles. The molecule has 3 atom stereocenters. The Balaban J connectivity index is 1.47. The Morgan fingerprint density at radius 1 is 1.09 bits per heavy atom. The molecule has 0 bridgehead atoms. The first-order valence-corrected chi connectivity index (χ1v) is 8.50.